The summed E-state index contributed by atoms with van der Waals surface area (Å²) in [5.74, 6) is -0.509. The molecular formula is C15H12BrFO3. The molecule has 1 aliphatic rings. The standard InChI is InChI=1S/C15H12BrFO3/c16-9-2-3-10-13(19)7-14(20-15(10)6-9)8-1-4-12(18)11(17)5-8/h1-6,13-14,18-19H,7H2/t13-,14?/m0/s1. The molecule has 0 aliphatic carbocycles. The molecule has 2 N–H and O–H groups in total. The molecule has 20 heavy (non-hydrogen) atoms. The van der Waals surface area contributed by atoms with Crippen molar-refractivity contribution < 1.29 is 19.3 Å². The van der Waals surface area contributed by atoms with Crippen molar-refractivity contribution in [3.8, 4) is 11.5 Å². The zero-order valence-electron chi connectivity index (χ0n) is 10.4. The van der Waals surface area contributed by atoms with E-state index < -0.39 is 23.8 Å². The Morgan fingerprint density at radius 1 is 1.20 bits per heavy atom. The molecule has 2 atom stereocenters. The number of phenols is 1. The number of benzene rings is 2. The molecule has 1 heterocycles. The third-order valence-corrected chi connectivity index (χ3v) is 3.88. The molecule has 0 spiro atoms. The van der Waals surface area contributed by atoms with Crippen LogP contribution in [0, 0.1) is 5.82 Å². The predicted octanol–water partition coefficient (Wildman–Crippen LogP) is 3.85. The first-order chi connectivity index (χ1) is 9.54. The Morgan fingerprint density at radius 3 is 2.75 bits per heavy atom. The number of aliphatic hydroxyl groups excluding tert-OH is 1. The van der Waals surface area contributed by atoms with Crippen molar-refractivity contribution in [2.75, 3.05) is 0 Å². The van der Waals surface area contributed by atoms with Gasteiger partial charge in [-0.15, -0.1) is 0 Å². The molecule has 2 aromatic carbocycles. The van der Waals surface area contributed by atoms with Gasteiger partial charge in [-0.25, -0.2) is 4.39 Å². The average molecular weight is 339 g/mol. The highest BCUT2D eigenvalue weighted by molar-refractivity contribution is 9.10. The van der Waals surface area contributed by atoms with Crippen LogP contribution in [0.1, 0.15) is 29.8 Å². The predicted molar refractivity (Wildman–Crippen MR) is 75.2 cm³/mol. The largest absolute Gasteiger partial charge is 0.505 e. The molecule has 1 unspecified atom stereocenters. The number of halogens is 2. The molecule has 2 aromatic rings. The minimum Gasteiger partial charge on any atom is -0.505 e. The van der Waals surface area contributed by atoms with E-state index in [0.29, 0.717) is 17.7 Å². The summed E-state index contributed by atoms with van der Waals surface area (Å²) in [6, 6.07) is 9.54. The van der Waals surface area contributed by atoms with E-state index in [1.165, 1.54) is 12.1 Å². The third kappa shape index (κ3) is 2.39. The van der Waals surface area contributed by atoms with E-state index in [0.717, 1.165) is 10.0 Å². The van der Waals surface area contributed by atoms with E-state index in [1.54, 1.807) is 18.2 Å². The summed E-state index contributed by atoms with van der Waals surface area (Å²) in [4.78, 5) is 0. The van der Waals surface area contributed by atoms with Gasteiger partial charge in [0.05, 0.1) is 6.10 Å². The van der Waals surface area contributed by atoms with Gasteiger partial charge in [-0.1, -0.05) is 28.1 Å². The molecule has 104 valence electrons. The van der Waals surface area contributed by atoms with Gasteiger partial charge in [-0.05, 0) is 29.8 Å². The number of fused-ring (bicyclic) bond motifs is 1. The molecule has 3 nitrogen and oxygen atoms in total. The van der Waals surface area contributed by atoms with Gasteiger partial charge in [-0.2, -0.15) is 0 Å². The Balaban J connectivity index is 1.96. The summed E-state index contributed by atoms with van der Waals surface area (Å²) in [6.45, 7) is 0. The van der Waals surface area contributed by atoms with E-state index in [9.17, 15) is 14.6 Å². The summed E-state index contributed by atoms with van der Waals surface area (Å²) in [5.41, 5.74) is 1.31. The maximum atomic E-state index is 13.4. The zero-order chi connectivity index (χ0) is 14.3. The normalized spacial score (nSPS) is 21.1. The maximum Gasteiger partial charge on any atom is 0.165 e. The fourth-order valence-electron chi connectivity index (χ4n) is 2.34. The summed E-state index contributed by atoms with van der Waals surface area (Å²) >= 11 is 3.35. The monoisotopic (exact) mass is 338 g/mol. The van der Waals surface area contributed by atoms with Crippen LogP contribution in [0.15, 0.2) is 40.9 Å². The van der Waals surface area contributed by atoms with Crippen molar-refractivity contribution in [1.82, 2.24) is 0 Å². The van der Waals surface area contributed by atoms with Crippen LogP contribution in [-0.2, 0) is 0 Å². The van der Waals surface area contributed by atoms with Gasteiger partial charge < -0.3 is 14.9 Å². The Morgan fingerprint density at radius 2 is 2.00 bits per heavy atom. The van der Waals surface area contributed by atoms with E-state index in [1.807, 2.05) is 6.07 Å². The lowest BCUT2D eigenvalue weighted by Crippen LogP contribution is -2.19. The van der Waals surface area contributed by atoms with Crippen LogP contribution in [0.5, 0.6) is 11.5 Å². The highest BCUT2D eigenvalue weighted by Crippen LogP contribution is 2.42. The highest BCUT2D eigenvalue weighted by Gasteiger charge is 2.28. The van der Waals surface area contributed by atoms with Gasteiger partial charge in [0.15, 0.2) is 11.6 Å². The fourth-order valence-corrected chi connectivity index (χ4v) is 2.68. The Bertz CT molecular complexity index is 660. The Hall–Kier alpha value is -1.59. The third-order valence-electron chi connectivity index (χ3n) is 3.38. The van der Waals surface area contributed by atoms with Crippen LogP contribution < -0.4 is 4.74 Å². The summed E-state index contributed by atoms with van der Waals surface area (Å²) < 4.78 is 20.1. The molecule has 3 rings (SSSR count). The van der Waals surface area contributed by atoms with Gasteiger partial charge in [0, 0.05) is 16.5 Å². The first kappa shape index (κ1) is 13.4. The second-order valence-corrected chi connectivity index (χ2v) is 5.67. The molecule has 0 fully saturated rings. The smallest absolute Gasteiger partial charge is 0.165 e. The molecule has 0 saturated heterocycles. The van der Waals surface area contributed by atoms with Gasteiger partial charge in [-0.3, -0.25) is 0 Å². The second kappa shape index (κ2) is 5.07. The number of aliphatic hydroxyl groups is 1. The van der Waals surface area contributed by atoms with Crippen molar-refractivity contribution in [2.45, 2.75) is 18.6 Å². The number of phenolic OH excluding ortho intramolecular Hbond substituents is 1. The Labute approximate surface area is 123 Å². The summed E-state index contributed by atoms with van der Waals surface area (Å²) in [7, 11) is 0. The van der Waals surface area contributed by atoms with Crippen molar-refractivity contribution in [2.24, 2.45) is 0 Å². The van der Waals surface area contributed by atoms with Gasteiger partial charge in [0.1, 0.15) is 11.9 Å². The SMILES string of the molecule is Oc1ccc(C2C[C@H](O)c3ccc(Br)cc3O2)cc1F. The lowest BCUT2D eigenvalue weighted by Gasteiger charge is -2.30. The van der Waals surface area contributed by atoms with Crippen LogP contribution >= 0.6 is 15.9 Å². The van der Waals surface area contributed by atoms with Crippen LogP contribution in [0.4, 0.5) is 4.39 Å². The second-order valence-electron chi connectivity index (χ2n) is 4.75. The Kier molecular flexibility index (Phi) is 3.40. The van der Waals surface area contributed by atoms with E-state index in [-0.39, 0.29) is 0 Å². The van der Waals surface area contributed by atoms with Gasteiger partial charge in [0.2, 0.25) is 0 Å². The summed E-state index contributed by atoms with van der Waals surface area (Å²) in [5, 5.41) is 19.4. The van der Waals surface area contributed by atoms with E-state index >= 15 is 0 Å². The van der Waals surface area contributed by atoms with Crippen LogP contribution in [-0.4, -0.2) is 10.2 Å². The molecule has 0 saturated carbocycles. The molecule has 0 bridgehead atoms. The quantitative estimate of drug-likeness (QED) is 0.830. The number of ether oxygens (including phenoxy) is 1. The molecular weight excluding hydrogens is 327 g/mol. The molecule has 0 aromatic heterocycles. The lowest BCUT2D eigenvalue weighted by molar-refractivity contribution is 0.0655. The van der Waals surface area contributed by atoms with Crippen LogP contribution in [0.3, 0.4) is 0 Å². The number of rotatable bonds is 1. The van der Waals surface area contributed by atoms with Crippen LogP contribution in [0.2, 0.25) is 0 Å². The first-order valence-corrected chi connectivity index (χ1v) is 6.96. The number of aromatic hydroxyl groups is 1. The van der Waals surface area contributed by atoms with Gasteiger partial charge >= 0.3 is 0 Å². The zero-order valence-corrected chi connectivity index (χ0v) is 12.0. The van der Waals surface area contributed by atoms with Crippen LogP contribution in [0.25, 0.3) is 0 Å². The highest BCUT2D eigenvalue weighted by atomic mass is 79.9. The lowest BCUT2D eigenvalue weighted by atomic mass is 9.95. The number of hydrogen-bond acceptors (Lipinski definition) is 3. The van der Waals surface area contributed by atoms with Crippen molar-refractivity contribution in [3.63, 3.8) is 0 Å². The van der Waals surface area contributed by atoms with E-state index in [2.05, 4.69) is 15.9 Å². The summed E-state index contributed by atoms with van der Waals surface area (Å²) in [6.07, 6.45) is -0.755. The van der Waals surface area contributed by atoms with Crippen molar-refractivity contribution in [1.29, 1.82) is 0 Å². The minimum absolute atomic E-state index is 0.346. The average Bonchev–Trinajstić information content (AvgIpc) is 2.41. The topological polar surface area (TPSA) is 49.7 Å². The maximum absolute atomic E-state index is 13.4. The number of hydrogen-bond donors (Lipinski definition) is 2. The van der Waals surface area contributed by atoms with Crippen molar-refractivity contribution in [3.05, 3.63) is 57.8 Å². The molecule has 0 amide bonds. The molecule has 1 aliphatic heterocycles. The molecule has 5 heteroatoms. The first-order valence-electron chi connectivity index (χ1n) is 6.17. The van der Waals surface area contributed by atoms with Crippen molar-refractivity contribution >= 4 is 15.9 Å². The van der Waals surface area contributed by atoms with E-state index in [4.69, 9.17) is 4.74 Å². The van der Waals surface area contributed by atoms with Gasteiger partial charge in [0.25, 0.3) is 0 Å². The fraction of sp³-hybridized carbons (Fsp3) is 0.200. The minimum atomic E-state index is -0.694. The molecule has 0 radical (unpaired) electrons.